The number of rotatable bonds is 2. The Balaban J connectivity index is 2.34. The van der Waals surface area contributed by atoms with Crippen molar-refractivity contribution in [3.8, 4) is 5.69 Å². The summed E-state index contributed by atoms with van der Waals surface area (Å²) in [4.78, 5) is 4.56. The summed E-state index contributed by atoms with van der Waals surface area (Å²) in [5, 5.41) is 0.646. The lowest BCUT2D eigenvalue weighted by molar-refractivity contribution is 0.982. The summed E-state index contributed by atoms with van der Waals surface area (Å²) in [5.74, 6) is 1.09. The van der Waals surface area contributed by atoms with E-state index >= 15 is 0 Å². The van der Waals surface area contributed by atoms with Gasteiger partial charge in [0.05, 0.1) is 27.6 Å². The molecule has 0 aliphatic carbocycles. The molecule has 0 aliphatic rings. The monoisotopic (exact) mass is 432 g/mol. The number of fused-ring (bicyclic) bond motifs is 1. The van der Waals surface area contributed by atoms with Crippen molar-refractivity contribution in [1.82, 2.24) is 9.55 Å². The molecule has 0 unspecified atom stereocenters. The van der Waals surface area contributed by atoms with E-state index in [9.17, 15) is 0 Å². The van der Waals surface area contributed by atoms with Gasteiger partial charge in [0.2, 0.25) is 0 Å². The standard InChI is InChI=1S/C14H8Br2Cl2N2/c15-8-1-3-12(10(18)5-8)20-13-4-2-9(16)6-11(13)19-14(20)7-17/h1-6H,7H2. The third-order valence-corrected chi connectivity index (χ3v) is 4.48. The van der Waals surface area contributed by atoms with Gasteiger partial charge in [0.1, 0.15) is 5.82 Å². The summed E-state index contributed by atoms with van der Waals surface area (Å²) in [7, 11) is 0. The molecule has 1 aromatic heterocycles. The molecule has 0 saturated heterocycles. The average molecular weight is 435 g/mol. The average Bonchev–Trinajstić information content (AvgIpc) is 2.76. The summed E-state index contributed by atoms with van der Waals surface area (Å²) < 4.78 is 3.91. The third-order valence-electron chi connectivity index (χ3n) is 2.96. The van der Waals surface area contributed by atoms with E-state index in [4.69, 9.17) is 23.2 Å². The fraction of sp³-hybridized carbons (Fsp3) is 0.0714. The molecule has 1 heterocycles. The van der Waals surface area contributed by atoms with Gasteiger partial charge in [-0.15, -0.1) is 11.6 Å². The number of halogens is 4. The van der Waals surface area contributed by atoms with Crippen molar-refractivity contribution in [1.29, 1.82) is 0 Å². The predicted molar refractivity (Wildman–Crippen MR) is 91.0 cm³/mol. The highest BCUT2D eigenvalue weighted by Gasteiger charge is 2.14. The predicted octanol–water partition coefficient (Wildman–Crippen LogP) is 5.94. The number of aromatic nitrogens is 2. The Hall–Kier alpha value is -0.550. The van der Waals surface area contributed by atoms with Gasteiger partial charge < -0.3 is 0 Å². The van der Waals surface area contributed by atoms with Crippen molar-refractivity contribution in [2.75, 3.05) is 0 Å². The Morgan fingerprint density at radius 2 is 1.75 bits per heavy atom. The highest BCUT2D eigenvalue weighted by Crippen LogP contribution is 2.30. The van der Waals surface area contributed by atoms with E-state index in [1.807, 2.05) is 41.0 Å². The molecule has 0 spiro atoms. The van der Waals surface area contributed by atoms with Crippen LogP contribution in [0.15, 0.2) is 45.3 Å². The molecule has 0 radical (unpaired) electrons. The molecule has 3 rings (SSSR count). The largest absolute Gasteiger partial charge is 0.294 e. The van der Waals surface area contributed by atoms with Crippen LogP contribution in [0, 0.1) is 0 Å². The maximum absolute atomic E-state index is 6.35. The molecule has 102 valence electrons. The first-order chi connectivity index (χ1) is 9.60. The normalized spacial score (nSPS) is 11.2. The quantitative estimate of drug-likeness (QED) is 0.456. The van der Waals surface area contributed by atoms with E-state index in [-0.39, 0.29) is 0 Å². The van der Waals surface area contributed by atoms with Gasteiger partial charge in [0.25, 0.3) is 0 Å². The Morgan fingerprint density at radius 3 is 2.45 bits per heavy atom. The lowest BCUT2D eigenvalue weighted by Crippen LogP contribution is -2.00. The highest BCUT2D eigenvalue weighted by atomic mass is 79.9. The molecule has 0 fully saturated rings. The minimum Gasteiger partial charge on any atom is -0.294 e. The summed E-state index contributed by atoms with van der Waals surface area (Å²) in [6.45, 7) is 0. The summed E-state index contributed by atoms with van der Waals surface area (Å²) in [6.07, 6.45) is 0. The molecule has 0 saturated carbocycles. The number of nitrogens with zero attached hydrogens (tertiary/aromatic N) is 2. The van der Waals surface area contributed by atoms with Crippen LogP contribution in [0.25, 0.3) is 16.7 Å². The fourth-order valence-corrected chi connectivity index (χ4v) is 3.41. The van der Waals surface area contributed by atoms with Gasteiger partial charge in [-0.2, -0.15) is 0 Å². The Morgan fingerprint density at radius 1 is 1.05 bits per heavy atom. The van der Waals surface area contributed by atoms with Gasteiger partial charge in [-0.25, -0.2) is 4.98 Å². The van der Waals surface area contributed by atoms with Crippen LogP contribution in [0.2, 0.25) is 5.02 Å². The maximum atomic E-state index is 6.35. The summed E-state index contributed by atoms with van der Waals surface area (Å²) in [5.41, 5.74) is 2.73. The first-order valence-corrected chi connectivity index (χ1v) is 8.28. The Labute approximate surface area is 143 Å². The number of hydrogen-bond acceptors (Lipinski definition) is 1. The van der Waals surface area contributed by atoms with Crippen molar-refractivity contribution in [3.05, 3.63) is 56.2 Å². The molecule has 0 atom stereocenters. The summed E-state index contributed by atoms with van der Waals surface area (Å²) >= 11 is 19.2. The van der Waals surface area contributed by atoms with Crippen molar-refractivity contribution in [2.24, 2.45) is 0 Å². The zero-order valence-electron chi connectivity index (χ0n) is 10.1. The van der Waals surface area contributed by atoms with Crippen LogP contribution < -0.4 is 0 Å². The summed E-state index contributed by atoms with van der Waals surface area (Å²) in [6, 6.07) is 11.7. The molecule has 2 nitrogen and oxygen atoms in total. The van der Waals surface area contributed by atoms with E-state index in [0.717, 1.165) is 31.5 Å². The molecule has 0 amide bonds. The SMILES string of the molecule is ClCc1nc2cc(Br)ccc2n1-c1ccc(Br)cc1Cl. The van der Waals surface area contributed by atoms with Crippen LogP contribution in [0.5, 0.6) is 0 Å². The second kappa shape index (κ2) is 5.68. The van der Waals surface area contributed by atoms with Crippen molar-refractivity contribution in [3.63, 3.8) is 0 Å². The van der Waals surface area contributed by atoms with Gasteiger partial charge >= 0.3 is 0 Å². The van der Waals surface area contributed by atoms with Crippen LogP contribution in [0.3, 0.4) is 0 Å². The lowest BCUT2D eigenvalue weighted by Gasteiger charge is -2.10. The molecule has 0 bridgehead atoms. The third kappa shape index (κ3) is 2.50. The zero-order chi connectivity index (χ0) is 14.3. The molecule has 0 N–H and O–H groups in total. The molecule has 20 heavy (non-hydrogen) atoms. The topological polar surface area (TPSA) is 17.8 Å². The van der Waals surface area contributed by atoms with Crippen LogP contribution in [-0.2, 0) is 5.88 Å². The molecule has 2 aromatic carbocycles. The van der Waals surface area contributed by atoms with Gasteiger partial charge in [0, 0.05) is 8.95 Å². The first kappa shape index (κ1) is 14.4. The van der Waals surface area contributed by atoms with Crippen LogP contribution >= 0.6 is 55.1 Å². The first-order valence-electron chi connectivity index (χ1n) is 5.78. The number of benzene rings is 2. The minimum atomic E-state index is 0.318. The Bertz CT molecular complexity index is 799. The van der Waals surface area contributed by atoms with Gasteiger partial charge in [-0.3, -0.25) is 4.57 Å². The van der Waals surface area contributed by atoms with Gasteiger partial charge in [0.15, 0.2) is 0 Å². The minimum absolute atomic E-state index is 0.318. The van der Waals surface area contributed by atoms with Crippen molar-refractivity contribution in [2.45, 2.75) is 5.88 Å². The van der Waals surface area contributed by atoms with E-state index in [0.29, 0.717) is 10.9 Å². The smallest absolute Gasteiger partial charge is 0.129 e. The van der Waals surface area contributed by atoms with Crippen LogP contribution in [0.4, 0.5) is 0 Å². The van der Waals surface area contributed by atoms with E-state index in [1.54, 1.807) is 0 Å². The zero-order valence-corrected chi connectivity index (χ0v) is 14.8. The van der Waals surface area contributed by atoms with Crippen LogP contribution in [-0.4, -0.2) is 9.55 Å². The van der Waals surface area contributed by atoms with E-state index in [1.165, 1.54) is 0 Å². The number of alkyl halides is 1. The number of hydrogen-bond donors (Lipinski definition) is 0. The lowest BCUT2D eigenvalue weighted by atomic mass is 10.2. The van der Waals surface area contributed by atoms with Crippen molar-refractivity contribution >= 4 is 66.1 Å². The van der Waals surface area contributed by atoms with E-state index in [2.05, 4.69) is 36.8 Å². The molecule has 3 aromatic rings. The maximum Gasteiger partial charge on any atom is 0.129 e. The molecular formula is C14H8Br2Cl2N2. The molecule has 6 heteroatoms. The molecule has 0 aliphatic heterocycles. The fourth-order valence-electron chi connectivity index (χ4n) is 2.12. The Kier molecular flexibility index (Phi) is 4.09. The second-order valence-electron chi connectivity index (χ2n) is 4.23. The highest BCUT2D eigenvalue weighted by molar-refractivity contribution is 9.10. The van der Waals surface area contributed by atoms with Crippen LogP contribution in [0.1, 0.15) is 5.82 Å². The number of imidazole rings is 1. The van der Waals surface area contributed by atoms with Gasteiger partial charge in [-0.05, 0) is 36.4 Å². The van der Waals surface area contributed by atoms with Crippen molar-refractivity contribution < 1.29 is 0 Å². The second-order valence-corrected chi connectivity index (χ2v) is 6.73. The van der Waals surface area contributed by atoms with Gasteiger partial charge in [-0.1, -0.05) is 43.5 Å². The van der Waals surface area contributed by atoms with E-state index < -0.39 is 0 Å². The molecular weight excluding hydrogens is 427 g/mol.